The lowest BCUT2D eigenvalue weighted by atomic mass is 9.95. The molecule has 0 radical (unpaired) electrons. The van der Waals surface area contributed by atoms with Crippen LogP contribution in [0.1, 0.15) is 17.2 Å². The van der Waals surface area contributed by atoms with E-state index in [1.54, 1.807) is 12.1 Å². The van der Waals surface area contributed by atoms with Crippen molar-refractivity contribution in [2.75, 3.05) is 12.0 Å². The van der Waals surface area contributed by atoms with Gasteiger partial charge < -0.3 is 9.84 Å². The van der Waals surface area contributed by atoms with Crippen LogP contribution in [-0.4, -0.2) is 33.8 Å². The van der Waals surface area contributed by atoms with Crippen LogP contribution in [0, 0.1) is 10.1 Å². The number of hydrogen-bond donors (Lipinski definition) is 1. The SMILES string of the molecule is COc1ccc(C(O)=C2C(=O)C(=O)N(c3ccccn3)[C@@H]2c2cccc([N+](=O)[O-])c2)cc1Cl. The molecule has 4 rings (SSSR count). The lowest BCUT2D eigenvalue weighted by Crippen LogP contribution is -2.30. The molecular formula is C23H16ClN3O6. The quantitative estimate of drug-likeness (QED) is 0.196. The molecule has 1 N–H and O–H groups in total. The van der Waals surface area contributed by atoms with Gasteiger partial charge in [-0.25, -0.2) is 4.98 Å². The molecule has 0 bridgehead atoms. The van der Waals surface area contributed by atoms with Crippen molar-refractivity contribution in [1.82, 2.24) is 4.98 Å². The second-order valence-corrected chi connectivity index (χ2v) is 7.47. The number of ketones is 1. The van der Waals surface area contributed by atoms with E-state index in [9.17, 15) is 24.8 Å². The molecule has 10 heteroatoms. The maximum atomic E-state index is 13.1. The highest BCUT2D eigenvalue weighted by molar-refractivity contribution is 6.51. The molecule has 0 spiro atoms. The molecule has 0 saturated carbocycles. The van der Waals surface area contributed by atoms with E-state index in [0.717, 1.165) is 4.90 Å². The summed E-state index contributed by atoms with van der Waals surface area (Å²) < 4.78 is 5.11. The summed E-state index contributed by atoms with van der Waals surface area (Å²) in [6.07, 6.45) is 1.45. The van der Waals surface area contributed by atoms with Gasteiger partial charge in [-0.15, -0.1) is 0 Å². The molecule has 0 aliphatic carbocycles. The molecule has 1 aromatic heterocycles. The number of Topliss-reactive ketones (excluding diaryl/α,β-unsaturated/α-hetero) is 1. The first-order valence-electron chi connectivity index (χ1n) is 9.63. The topological polar surface area (TPSA) is 123 Å². The van der Waals surface area contributed by atoms with Crippen molar-refractivity contribution in [3.05, 3.63) is 98.7 Å². The van der Waals surface area contributed by atoms with E-state index in [1.165, 1.54) is 61.8 Å². The van der Waals surface area contributed by atoms with Crippen molar-refractivity contribution in [2.45, 2.75) is 6.04 Å². The highest BCUT2D eigenvalue weighted by Gasteiger charge is 2.47. The number of pyridine rings is 1. The number of nitro benzene ring substituents is 1. The van der Waals surface area contributed by atoms with Crippen molar-refractivity contribution in [3.8, 4) is 5.75 Å². The van der Waals surface area contributed by atoms with Crippen LogP contribution in [0.25, 0.3) is 5.76 Å². The van der Waals surface area contributed by atoms with Crippen LogP contribution in [0.3, 0.4) is 0 Å². The number of nitro groups is 1. The van der Waals surface area contributed by atoms with Crippen molar-refractivity contribution >= 4 is 40.6 Å². The summed E-state index contributed by atoms with van der Waals surface area (Å²) in [5, 5.41) is 22.6. The minimum atomic E-state index is -1.15. The first kappa shape index (κ1) is 22.0. The number of benzene rings is 2. The van der Waals surface area contributed by atoms with Crippen molar-refractivity contribution in [3.63, 3.8) is 0 Å². The number of carbonyl (C=O) groups is 2. The van der Waals surface area contributed by atoms with Crippen LogP contribution < -0.4 is 9.64 Å². The number of aliphatic hydroxyl groups is 1. The zero-order valence-electron chi connectivity index (χ0n) is 17.1. The van der Waals surface area contributed by atoms with E-state index in [-0.39, 0.29) is 33.2 Å². The van der Waals surface area contributed by atoms with Crippen LogP contribution >= 0.6 is 11.6 Å². The Morgan fingerprint density at radius 1 is 1.15 bits per heavy atom. The number of non-ortho nitro benzene ring substituents is 1. The van der Waals surface area contributed by atoms with Crippen LogP contribution in [0.2, 0.25) is 5.02 Å². The predicted octanol–water partition coefficient (Wildman–Crippen LogP) is 4.28. The molecule has 0 unspecified atom stereocenters. The Bertz CT molecular complexity index is 1310. The number of aliphatic hydroxyl groups excluding tert-OH is 1. The normalized spacial score (nSPS) is 17.3. The number of anilines is 1. The number of hydrogen-bond acceptors (Lipinski definition) is 7. The monoisotopic (exact) mass is 465 g/mol. The summed E-state index contributed by atoms with van der Waals surface area (Å²) in [5.41, 5.74) is -0.0375. The van der Waals surface area contributed by atoms with Gasteiger partial charge in [0.2, 0.25) is 0 Å². The third-order valence-corrected chi connectivity index (χ3v) is 5.46. The fraction of sp³-hybridized carbons (Fsp3) is 0.0870. The van der Waals surface area contributed by atoms with Gasteiger partial charge in [0.25, 0.3) is 11.5 Å². The number of rotatable bonds is 5. The Morgan fingerprint density at radius 3 is 2.58 bits per heavy atom. The first-order valence-corrected chi connectivity index (χ1v) is 10.0. The molecule has 9 nitrogen and oxygen atoms in total. The molecule has 1 atom stereocenters. The molecule has 2 heterocycles. The van der Waals surface area contributed by atoms with Crippen LogP contribution in [0.15, 0.2) is 72.4 Å². The lowest BCUT2D eigenvalue weighted by molar-refractivity contribution is -0.384. The van der Waals surface area contributed by atoms with Crippen LogP contribution in [0.5, 0.6) is 5.75 Å². The van der Waals surface area contributed by atoms with Gasteiger partial charge in [-0.05, 0) is 35.9 Å². The highest BCUT2D eigenvalue weighted by atomic mass is 35.5. The van der Waals surface area contributed by atoms with E-state index in [4.69, 9.17) is 16.3 Å². The zero-order valence-corrected chi connectivity index (χ0v) is 17.9. The lowest BCUT2D eigenvalue weighted by Gasteiger charge is -2.24. The molecule has 3 aromatic rings. The Labute approximate surface area is 192 Å². The summed E-state index contributed by atoms with van der Waals surface area (Å²) in [7, 11) is 1.43. The summed E-state index contributed by atoms with van der Waals surface area (Å²) in [6, 6.07) is 13.6. The molecule has 1 saturated heterocycles. The third kappa shape index (κ3) is 3.90. The average molecular weight is 466 g/mol. The average Bonchev–Trinajstić information content (AvgIpc) is 3.09. The Balaban J connectivity index is 1.96. The number of carbonyl (C=O) groups excluding carboxylic acids is 2. The van der Waals surface area contributed by atoms with E-state index in [2.05, 4.69) is 4.98 Å². The molecule has 1 fully saturated rings. The van der Waals surface area contributed by atoms with Gasteiger partial charge in [0, 0.05) is 23.9 Å². The summed E-state index contributed by atoms with van der Waals surface area (Å²) in [5.74, 6) is -1.85. The maximum absolute atomic E-state index is 13.1. The zero-order chi connectivity index (χ0) is 23.7. The molecule has 166 valence electrons. The summed E-state index contributed by atoms with van der Waals surface area (Å²) in [4.78, 5) is 42.1. The van der Waals surface area contributed by atoms with Gasteiger partial charge in [-0.1, -0.05) is 29.8 Å². The van der Waals surface area contributed by atoms with Crippen molar-refractivity contribution < 1.29 is 24.4 Å². The fourth-order valence-electron chi connectivity index (χ4n) is 3.66. The molecule has 1 amide bonds. The Morgan fingerprint density at radius 2 is 1.94 bits per heavy atom. The standard InChI is InChI=1S/C23H16ClN3O6/c1-33-17-9-8-14(12-16(17)24)21(28)19-20(13-5-4-6-15(11-13)27(31)32)26(23(30)22(19)29)18-7-2-3-10-25-18/h2-12,20,28H,1H3/t20-/m1/s1. The van der Waals surface area contributed by atoms with Crippen LogP contribution in [0.4, 0.5) is 11.5 Å². The minimum absolute atomic E-state index is 0.155. The largest absolute Gasteiger partial charge is 0.507 e. The number of methoxy groups -OCH3 is 1. The first-order chi connectivity index (χ1) is 15.8. The number of aromatic nitrogens is 1. The Kier molecular flexibility index (Phi) is 5.80. The van der Waals surface area contributed by atoms with Crippen LogP contribution in [-0.2, 0) is 9.59 Å². The minimum Gasteiger partial charge on any atom is -0.507 e. The molecule has 2 aromatic carbocycles. The van der Waals surface area contributed by atoms with Gasteiger partial charge in [-0.2, -0.15) is 0 Å². The second kappa shape index (κ2) is 8.71. The highest BCUT2D eigenvalue weighted by Crippen LogP contribution is 2.42. The Hall–Kier alpha value is -4.24. The van der Waals surface area contributed by atoms with E-state index >= 15 is 0 Å². The summed E-state index contributed by atoms with van der Waals surface area (Å²) in [6.45, 7) is 0. The van der Waals surface area contributed by atoms with Gasteiger partial charge in [-0.3, -0.25) is 24.6 Å². The van der Waals surface area contributed by atoms with Crippen molar-refractivity contribution in [2.24, 2.45) is 0 Å². The third-order valence-electron chi connectivity index (χ3n) is 5.16. The molecule has 1 aliphatic heterocycles. The summed E-state index contributed by atoms with van der Waals surface area (Å²) >= 11 is 6.17. The molecule has 33 heavy (non-hydrogen) atoms. The van der Waals surface area contributed by atoms with E-state index in [0.29, 0.717) is 5.75 Å². The van der Waals surface area contributed by atoms with E-state index in [1.807, 2.05) is 0 Å². The number of amides is 1. The smallest absolute Gasteiger partial charge is 0.301 e. The predicted molar refractivity (Wildman–Crippen MR) is 120 cm³/mol. The number of ether oxygens (including phenoxy) is 1. The molecular weight excluding hydrogens is 450 g/mol. The van der Waals surface area contributed by atoms with Gasteiger partial charge >= 0.3 is 5.91 Å². The molecule has 1 aliphatic rings. The maximum Gasteiger partial charge on any atom is 0.301 e. The number of nitrogens with zero attached hydrogens (tertiary/aromatic N) is 3. The van der Waals surface area contributed by atoms with Crippen molar-refractivity contribution in [1.29, 1.82) is 0 Å². The number of halogens is 1. The second-order valence-electron chi connectivity index (χ2n) is 7.06. The fourth-order valence-corrected chi connectivity index (χ4v) is 3.92. The van der Waals surface area contributed by atoms with Gasteiger partial charge in [0.15, 0.2) is 0 Å². The van der Waals surface area contributed by atoms with Gasteiger partial charge in [0.05, 0.1) is 28.7 Å². The van der Waals surface area contributed by atoms with Gasteiger partial charge in [0.1, 0.15) is 17.3 Å². The van der Waals surface area contributed by atoms with E-state index < -0.39 is 28.4 Å².